The van der Waals surface area contributed by atoms with Gasteiger partial charge in [-0.3, -0.25) is 5.32 Å². The Morgan fingerprint density at radius 2 is 2.18 bits per heavy atom. The molecule has 0 spiro atoms. The average Bonchev–Trinajstić information content (AvgIpc) is 3.07. The second kappa shape index (κ2) is 7.19. The van der Waals surface area contributed by atoms with Gasteiger partial charge in [-0.25, -0.2) is 14.8 Å². The van der Waals surface area contributed by atoms with E-state index in [9.17, 15) is 4.79 Å². The summed E-state index contributed by atoms with van der Waals surface area (Å²) in [4.78, 5) is 22.3. The largest absolute Gasteiger partial charge is 0.378 e. The summed E-state index contributed by atoms with van der Waals surface area (Å²) in [6, 6.07) is 3.63. The molecule has 1 aliphatic heterocycles. The van der Waals surface area contributed by atoms with Crippen LogP contribution in [0.2, 0.25) is 0 Å². The van der Waals surface area contributed by atoms with Gasteiger partial charge in [-0.05, 0) is 17.7 Å². The summed E-state index contributed by atoms with van der Waals surface area (Å²) in [6.07, 6.45) is 3.41. The van der Waals surface area contributed by atoms with Gasteiger partial charge in [-0.1, -0.05) is 0 Å². The maximum atomic E-state index is 11.8. The number of anilines is 2. The average molecular weight is 319 g/mol. The van der Waals surface area contributed by atoms with Crippen molar-refractivity contribution in [1.82, 2.24) is 15.3 Å². The first-order chi connectivity index (χ1) is 10.8. The standard InChI is InChI=1S/C14H17N5O2S/c20-13(18-14-16-3-8-22-14)17-10-11-1-2-15-12(9-11)19-4-6-21-7-5-19/h1-3,8-9H,4-7,10H2,(H2,16,17,18,20). The van der Waals surface area contributed by atoms with Gasteiger partial charge in [0, 0.05) is 37.4 Å². The number of carbonyl (C=O) groups is 1. The van der Waals surface area contributed by atoms with Gasteiger partial charge in [0.25, 0.3) is 0 Å². The van der Waals surface area contributed by atoms with Crippen LogP contribution < -0.4 is 15.5 Å². The van der Waals surface area contributed by atoms with E-state index in [4.69, 9.17) is 4.74 Å². The first kappa shape index (κ1) is 14.7. The minimum Gasteiger partial charge on any atom is -0.378 e. The summed E-state index contributed by atoms with van der Waals surface area (Å²) >= 11 is 1.38. The topological polar surface area (TPSA) is 79.4 Å². The van der Waals surface area contributed by atoms with E-state index in [1.54, 1.807) is 12.4 Å². The number of hydrogen-bond donors (Lipinski definition) is 2. The molecule has 1 saturated heterocycles. The molecule has 1 fully saturated rings. The summed E-state index contributed by atoms with van der Waals surface area (Å²) < 4.78 is 5.34. The Labute approximate surface area is 132 Å². The summed E-state index contributed by atoms with van der Waals surface area (Å²) in [6.45, 7) is 3.57. The molecule has 0 saturated carbocycles. The van der Waals surface area contributed by atoms with Crippen molar-refractivity contribution in [1.29, 1.82) is 0 Å². The monoisotopic (exact) mass is 319 g/mol. The maximum absolute atomic E-state index is 11.8. The number of urea groups is 1. The quantitative estimate of drug-likeness (QED) is 0.896. The van der Waals surface area contributed by atoms with Crippen molar-refractivity contribution in [2.75, 3.05) is 36.5 Å². The molecule has 0 radical (unpaired) electrons. The Morgan fingerprint density at radius 1 is 1.32 bits per heavy atom. The van der Waals surface area contributed by atoms with Crippen LogP contribution in [-0.2, 0) is 11.3 Å². The molecule has 1 aliphatic rings. The predicted molar refractivity (Wildman–Crippen MR) is 85.2 cm³/mol. The fraction of sp³-hybridized carbons (Fsp3) is 0.357. The van der Waals surface area contributed by atoms with Gasteiger partial charge in [-0.2, -0.15) is 0 Å². The number of nitrogens with one attached hydrogen (secondary N) is 2. The van der Waals surface area contributed by atoms with E-state index in [-0.39, 0.29) is 6.03 Å². The number of hydrogen-bond acceptors (Lipinski definition) is 6. The number of amides is 2. The van der Waals surface area contributed by atoms with Crippen LogP contribution in [0.15, 0.2) is 29.9 Å². The molecular formula is C14H17N5O2S. The van der Waals surface area contributed by atoms with Crippen molar-refractivity contribution in [2.24, 2.45) is 0 Å². The highest BCUT2D eigenvalue weighted by Crippen LogP contribution is 2.14. The minimum absolute atomic E-state index is 0.264. The number of rotatable bonds is 4. The number of carbonyl (C=O) groups excluding carboxylic acids is 1. The van der Waals surface area contributed by atoms with Crippen LogP contribution in [0, 0.1) is 0 Å². The molecule has 2 aromatic rings. The van der Waals surface area contributed by atoms with Crippen LogP contribution in [0.3, 0.4) is 0 Å². The number of thiazole rings is 1. The van der Waals surface area contributed by atoms with Gasteiger partial charge >= 0.3 is 6.03 Å². The summed E-state index contributed by atoms with van der Waals surface area (Å²) in [7, 11) is 0. The molecule has 3 heterocycles. The third-order valence-electron chi connectivity index (χ3n) is 3.25. The number of aromatic nitrogens is 2. The third-order valence-corrected chi connectivity index (χ3v) is 3.94. The molecule has 116 valence electrons. The SMILES string of the molecule is O=C(NCc1ccnc(N2CCOCC2)c1)Nc1nccs1. The number of morpholine rings is 1. The molecule has 0 atom stereocenters. The molecule has 7 nitrogen and oxygen atoms in total. The van der Waals surface area contributed by atoms with Crippen LogP contribution in [0.4, 0.5) is 15.7 Å². The van der Waals surface area contributed by atoms with Crippen molar-refractivity contribution in [3.05, 3.63) is 35.5 Å². The molecule has 0 bridgehead atoms. The molecular weight excluding hydrogens is 302 g/mol. The van der Waals surface area contributed by atoms with Crippen LogP contribution >= 0.6 is 11.3 Å². The normalized spacial score (nSPS) is 14.6. The van der Waals surface area contributed by atoms with Gasteiger partial charge in [0.05, 0.1) is 13.2 Å². The molecule has 8 heteroatoms. The summed E-state index contributed by atoms with van der Waals surface area (Å²) in [5, 5.41) is 7.90. The van der Waals surface area contributed by atoms with E-state index < -0.39 is 0 Å². The fourth-order valence-electron chi connectivity index (χ4n) is 2.14. The lowest BCUT2D eigenvalue weighted by Crippen LogP contribution is -2.36. The van der Waals surface area contributed by atoms with Crippen LogP contribution in [0.5, 0.6) is 0 Å². The number of pyridine rings is 1. The fourth-order valence-corrected chi connectivity index (χ4v) is 2.67. The highest BCUT2D eigenvalue weighted by atomic mass is 32.1. The number of ether oxygens (including phenoxy) is 1. The van der Waals surface area contributed by atoms with Crippen LogP contribution in [0.1, 0.15) is 5.56 Å². The first-order valence-corrected chi connectivity index (χ1v) is 7.91. The van der Waals surface area contributed by atoms with Gasteiger partial charge in [0.1, 0.15) is 5.82 Å². The van der Waals surface area contributed by atoms with Crippen molar-refractivity contribution in [3.8, 4) is 0 Å². The highest BCUT2D eigenvalue weighted by molar-refractivity contribution is 7.13. The maximum Gasteiger partial charge on any atom is 0.321 e. The van der Waals surface area contributed by atoms with E-state index in [2.05, 4.69) is 25.5 Å². The van der Waals surface area contributed by atoms with Gasteiger partial charge in [0.15, 0.2) is 5.13 Å². The predicted octanol–water partition coefficient (Wildman–Crippen LogP) is 1.70. The van der Waals surface area contributed by atoms with E-state index in [1.807, 2.05) is 17.5 Å². The lowest BCUT2D eigenvalue weighted by molar-refractivity contribution is 0.122. The zero-order chi connectivity index (χ0) is 15.2. The molecule has 0 unspecified atom stereocenters. The molecule has 2 N–H and O–H groups in total. The Kier molecular flexibility index (Phi) is 4.81. The van der Waals surface area contributed by atoms with E-state index in [0.29, 0.717) is 11.7 Å². The van der Waals surface area contributed by atoms with Crippen molar-refractivity contribution >= 4 is 28.3 Å². The molecule has 22 heavy (non-hydrogen) atoms. The molecule has 3 rings (SSSR count). The zero-order valence-corrected chi connectivity index (χ0v) is 12.8. The number of nitrogens with zero attached hydrogens (tertiary/aromatic N) is 3. The Bertz CT molecular complexity index is 613. The highest BCUT2D eigenvalue weighted by Gasteiger charge is 2.12. The molecule has 2 amide bonds. The molecule has 2 aromatic heterocycles. The van der Waals surface area contributed by atoms with Crippen molar-refractivity contribution in [3.63, 3.8) is 0 Å². The lowest BCUT2D eigenvalue weighted by atomic mass is 10.2. The Hall–Kier alpha value is -2.19. The first-order valence-electron chi connectivity index (χ1n) is 7.03. The second-order valence-electron chi connectivity index (χ2n) is 4.77. The second-order valence-corrected chi connectivity index (χ2v) is 5.66. The third kappa shape index (κ3) is 3.92. The molecule has 0 aliphatic carbocycles. The lowest BCUT2D eigenvalue weighted by Gasteiger charge is -2.28. The van der Waals surface area contributed by atoms with Crippen molar-refractivity contribution in [2.45, 2.75) is 6.54 Å². The smallest absolute Gasteiger partial charge is 0.321 e. The Balaban J connectivity index is 1.54. The summed E-state index contributed by atoms with van der Waals surface area (Å²) in [5.74, 6) is 0.919. The molecule has 0 aromatic carbocycles. The minimum atomic E-state index is -0.264. The van der Waals surface area contributed by atoms with Crippen molar-refractivity contribution < 1.29 is 9.53 Å². The van der Waals surface area contributed by atoms with E-state index in [0.717, 1.165) is 37.7 Å². The summed E-state index contributed by atoms with van der Waals surface area (Å²) in [5.41, 5.74) is 1.01. The van der Waals surface area contributed by atoms with E-state index >= 15 is 0 Å². The van der Waals surface area contributed by atoms with Gasteiger partial charge in [0.2, 0.25) is 0 Å². The van der Waals surface area contributed by atoms with Gasteiger partial charge in [-0.15, -0.1) is 11.3 Å². The van der Waals surface area contributed by atoms with Crippen LogP contribution in [-0.4, -0.2) is 42.3 Å². The Morgan fingerprint density at radius 3 is 2.95 bits per heavy atom. The van der Waals surface area contributed by atoms with Gasteiger partial charge < -0.3 is 15.0 Å². The zero-order valence-electron chi connectivity index (χ0n) is 12.0. The van der Waals surface area contributed by atoms with Crippen LogP contribution in [0.25, 0.3) is 0 Å². The van der Waals surface area contributed by atoms with E-state index in [1.165, 1.54) is 11.3 Å².